The fraction of sp³-hybridized carbons (Fsp3) is 0.231. The van der Waals surface area contributed by atoms with E-state index >= 15 is 0 Å². The molecule has 1 aliphatic heterocycles. The SMILES string of the molecule is Cc1ccnn1-c1ccc(CN2C(=O)Cc3cnc(-c4ccccc4C(C)C)nc32)cc1. The zero-order chi connectivity index (χ0) is 22.2. The molecule has 0 fully saturated rings. The zero-order valence-corrected chi connectivity index (χ0v) is 18.5. The Labute approximate surface area is 187 Å². The van der Waals surface area contributed by atoms with Crippen molar-refractivity contribution in [3.63, 3.8) is 0 Å². The molecule has 0 saturated carbocycles. The molecule has 32 heavy (non-hydrogen) atoms. The Balaban J connectivity index is 1.45. The van der Waals surface area contributed by atoms with E-state index in [1.54, 1.807) is 17.3 Å². The fourth-order valence-electron chi connectivity index (χ4n) is 4.19. The van der Waals surface area contributed by atoms with E-state index in [-0.39, 0.29) is 5.91 Å². The molecule has 3 heterocycles. The van der Waals surface area contributed by atoms with Crippen molar-refractivity contribution in [1.82, 2.24) is 19.7 Å². The number of amides is 1. The summed E-state index contributed by atoms with van der Waals surface area (Å²) < 4.78 is 1.89. The van der Waals surface area contributed by atoms with Crippen molar-refractivity contribution in [2.75, 3.05) is 4.90 Å². The van der Waals surface area contributed by atoms with Crippen molar-refractivity contribution < 1.29 is 4.79 Å². The molecule has 0 unspecified atom stereocenters. The van der Waals surface area contributed by atoms with Gasteiger partial charge in [0.25, 0.3) is 0 Å². The standard InChI is InChI=1S/C26H25N5O/c1-17(2)22-6-4-5-7-23(22)25-27-15-20-14-24(32)30(26(20)29-25)16-19-8-10-21(11-9-19)31-18(3)12-13-28-31/h4-13,15,17H,14,16H2,1-3H3. The number of anilines is 1. The molecule has 0 saturated heterocycles. The Morgan fingerprint density at radius 1 is 1.03 bits per heavy atom. The summed E-state index contributed by atoms with van der Waals surface area (Å²) in [5, 5.41) is 4.35. The van der Waals surface area contributed by atoms with E-state index in [1.165, 1.54) is 5.56 Å². The lowest BCUT2D eigenvalue weighted by atomic mass is 9.97. The van der Waals surface area contributed by atoms with Crippen LogP contribution < -0.4 is 4.90 Å². The molecule has 0 bridgehead atoms. The maximum absolute atomic E-state index is 12.8. The summed E-state index contributed by atoms with van der Waals surface area (Å²) in [6.07, 6.45) is 3.93. The molecule has 2 aromatic carbocycles. The van der Waals surface area contributed by atoms with Crippen LogP contribution in [0.15, 0.2) is 67.0 Å². The Morgan fingerprint density at radius 3 is 2.53 bits per heavy atom. The van der Waals surface area contributed by atoms with Crippen LogP contribution in [0.1, 0.15) is 42.1 Å². The maximum atomic E-state index is 12.8. The average Bonchev–Trinajstić information content (AvgIpc) is 3.36. The third-order valence-corrected chi connectivity index (χ3v) is 5.92. The van der Waals surface area contributed by atoms with Gasteiger partial charge in [-0.05, 0) is 42.2 Å². The fourth-order valence-corrected chi connectivity index (χ4v) is 4.19. The minimum absolute atomic E-state index is 0.0515. The monoisotopic (exact) mass is 423 g/mol. The van der Waals surface area contributed by atoms with Crippen LogP contribution in [0.2, 0.25) is 0 Å². The second-order valence-corrected chi connectivity index (χ2v) is 8.49. The van der Waals surface area contributed by atoms with Crippen molar-refractivity contribution in [2.24, 2.45) is 0 Å². The van der Waals surface area contributed by atoms with E-state index in [2.05, 4.69) is 30.0 Å². The van der Waals surface area contributed by atoms with Crippen LogP contribution in [0, 0.1) is 6.92 Å². The highest BCUT2D eigenvalue weighted by Crippen LogP contribution is 2.32. The van der Waals surface area contributed by atoms with Crippen LogP contribution in [-0.4, -0.2) is 25.7 Å². The minimum Gasteiger partial charge on any atom is -0.292 e. The van der Waals surface area contributed by atoms with E-state index in [1.807, 2.05) is 60.1 Å². The molecule has 1 amide bonds. The molecule has 2 aromatic heterocycles. The third-order valence-electron chi connectivity index (χ3n) is 5.92. The number of fused-ring (bicyclic) bond motifs is 1. The predicted octanol–water partition coefficient (Wildman–Crippen LogP) is 4.85. The number of benzene rings is 2. The number of carbonyl (C=O) groups excluding carboxylic acids is 1. The smallest absolute Gasteiger partial charge is 0.233 e. The van der Waals surface area contributed by atoms with Crippen molar-refractivity contribution in [2.45, 2.75) is 39.7 Å². The molecular weight excluding hydrogens is 398 g/mol. The quantitative estimate of drug-likeness (QED) is 0.460. The van der Waals surface area contributed by atoms with Gasteiger partial charge in [-0.25, -0.2) is 14.6 Å². The molecule has 5 rings (SSSR count). The Morgan fingerprint density at radius 2 is 1.81 bits per heavy atom. The number of nitrogens with zero attached hydrogens (tertiary/aromatic N) is 5. The number of carbonyl (C=O) groups is 1. The average molecular weight is 424 g/mol. The largest absolute Gasteiger partial charge is 0.292 e. The van der Waals surface area contributed by atoms with Gasteiger partial charge in [0, 0.05) is 29.2 Å². The first-order chi connectivity index (χ1) is 15.5. The summed E-state index contributed by atoms with van der Waals surface area (Å²) in [6, 6.07) is 18.3. The van der Waals surface area contributed by atoms with E-state index in [0.29, 0.717) is 30.5 Å². The maximum Gasteiger partial charge on any atom is 0.233 e. The zero-order valence-electron chi connectivity index (χ0n) is 18.5. The molecule has 1 aliphatic rings. The Bertz CT molecular complexity index is 1290. The second kappa shape index (κ2) is 8.04. The van der Waals surface area contributed by atoms with Gasteiger partial charge >= 0.3 is 0 Å². The van der Waals surface area contributed by atoms with Crippen molar-refractivity contribution in [1.29, 1.82) is 0 Å². The van der Waals surface area contributed by atoms with Crippen LogP contribution in [0.5, 0.6) is 0 Å². The van der Waals surface area contributed by atoms with Crippen molar-refractivity contribution in [3.8, 4) is 17.1 Å². The van der Waals surface area contributed by atoms with Gasteiger partial charge in [-0.15, -0.1) is 0 Å². The summed E-state index contributed by atoms with van der Waals surface area (Å²) in [7, 11) is 0. The van der Waals surface area contributed by atoms with E-state index < -0.39 is 0 Å². The van der Waals surface area contributed by atoms with Crippen LogP contribution >= 0.6 is 0 Å². The van der Waals surface area contributed by atoms with Gasteiger partial charge in [0.15, 0.2) is 5.82 Å². The number of hydrogen-bond acceptors (Lipinski definition) is 4. The second-order valence-electron chi connectivity index (χ2n) is 8.49. The summed E-state index contributed by atoms with van der Waals surface area (Å²) in [4.78, 5) is 24.0. The van der Waals surface area contributed by atoms with Crippen LogP contribution in [-0.2, 0) is 17.8 Å². The molecule has 160 valence electrons. The first-order valence-electron chi connectivity index (χ1n) is 10.9. The molecular formula is C26H25N5O. The first kappa shape index (κ1) is 20.1. The van der Waals surface area contributed by atoms with Crippen LogP contribution in [0.3, 0.4) is 0 Å². The van der Waals surface area contributed by atoms with Crippen molar-refractivity contribution >= 4 is 11.7 Å². The lowest BCUT2D eigenvalue weighted by Crippen LogP contribution is -2.26. The van der Waals surface area contributed by atoms with Crippen LogP contribution in [0.4, 0.5) is 5.82 Å². The molecule has 0 radical (unpaired) electrons. The van der Waals surface area contributed by atoms with E-state index in [4.69, 9.17) is 4.98 Å². The number of rotatable bonds is 5. The number of aryl methyl sites for hydroxylation is 1. The van der Waals surface area contributed by atoms with Gasteiger partial charge < -0.3 is 0 Å². The first-order valence-corrected chi connectivity index (χ1v) is 10.9. The molecule has 6 heteroatoms. The number of hydrogen-bond donors (Lipinski definition) is 0. The summed E-state index contributed by atoms with van der Waals surface area (Å²) in [6.45, 7) is 6.83. The van der Waals surface area contributed by atoms with Gasteiger partial charge in [-0.2, -0.15) is 5.10 Å². The van der Waals surface area contributed by atoms with Gasteiger partial charge in [-0.3, -0.25) is 9.69 Å². The summed E-state index contributed by atoms with van der Waals surface area (Å²) in [5.74, 6) is 1.79. The predicted molar refractivity (Wildman–Crippen MR) is 125 cm³/mol. The Hall–Kier alpha value is -3.80. The highest BCUT2D eigenvalue weighted by molar-refractivity contribution is 6.00. The lowest BCUT2D eigenvalue weighted by molar-refractivity contribution is -0.117. The van der Waals surface area contributed by atoms with Gasteiger partial charge in [-0.1, -0.05) is 50.2 Å². The molecule has 0 atom stereocenters. The van der Waals surface area contributed by atoms with Crippen molar-refractivity contribution in [3.05, 3.63) is 89.4 Å². The summed E-state index contributed by atoms with van der Waals surface area (Å²) >= 11 is 0. The molecule has 6 nitrogen and oxygen atoms in total. The van der Waals surface area contributed by atoms with E-state index in [0.717, 1.165) is 28.1 Å². The Kier molecular flexibility index (Phi) is 5.05. The molecule has 4 aromatic rings. The lowest BCUT2D eigenvalue weighted by Gasteiger charge is -2.18. The summed E-state index contributed by atoms with van der Waals surface area (Å²) in [5.41, 5.74) is 6.22. The number of aromatic nitrogens is 4. The third kappa shape index (κ3) is 3.58. The van der Waals surface area contributed by atoms with Gasteiger partial charge in [0.1, 0.15) is 5.82 Å². The highest BCUT2D eigenvalue weighted by atomic mass is 16.2. The molecule has 0 N–H and O–H groups in total. The van der Waals surface area contributed by atoms with Crippen LogP contribution in [0.25, 0.3) is 17.1 Å². The normalized spacial score (nSPS) is 13.1. The van der Waals surface area contributed by atoms with Gasteiger partial charge in [0.2, 0.25) is 5.91 Å². The van der Waals surface area contributed by atoms with E-state index in [9.17, 15) is 4.79 Å². The van der Waals surface area contributed by atoms with Gasteiger partial charge in [0.05, 0.1) is 18.7 Å². The molecule has 0 aliphatic carbocycles. The minimum atomic E-state index is 0.0515. The topological polar surface area (TPSA) is 63.9 Å². The molecule has 0 spiro atoms. The highest BCUT2D eigenvalue weighted by Gasteiger charge is 2.30.